The molecule has 1 saturated carbocycles. The maximum absolute atomic E-state index is 12.8. The lowest BCUT2D eigenvalue weighted by atomic mass is 9.87. The third kappa shape index (κ3) is 6.95. The highest BCUT2D eigenvalue weighted by molar-refractivity contribution is 5.76. The zero-order chi connectivity index (χ0) is 23.3. The van der Waals surface area contributed by atoms with Crippen LogP contribution in [0.4, 0.5) is 4.79 Å². The Balaban J connectivity index is 1.61. The van der Waals surface area contributed by atoms with Gasteiger partial charge in [0.2, 0.25) is 0 Å². The van der Waals surface area contributed by atoms with Gasteiger partial charge in [0, 0.05) is 37.8 Å². The molecule has 0 radical (unpaired) electrons. The van der Waals surface area contributed by atoms with Gasteiger partial charge >= 0.3 is 12.1 Å². The van der Waals surface area contributed by atoms with E-state index < -0.39 is 17.7 Å². The number of carbonyl (C=O) groups excluding carboxylic acids is 2. The third-order valence-corrected chi connectivity index (χ3v) is 6.40. The van der Waals surface area contributed by atoms with E-state index in [1.54, 1.807) is 0 Å². The molecule has 1 aliphatic heterocycles. The number of nitrogens with one attached hydrogen (secondary N) is 1. The van der Waals surface area contributed by atoms with Crippen molar-refractivity contribution in [2.75, 3.05) is 19.7 Å². The SMILES string of the molecule is CCOC(=O)C(Cc1cn([C@H]2CC[C@H](C)CC2)cn1)N1CC[C@H](NC(=O)OC(C)(C)C)C1. The molecule has 8 heteroatoms. The maximum atomic E-state index is 12.8. The molecule has 0 spiro atoms. The molecule has 0 aromatic carbocycles. The predicted octanol–water partition coefficient (Wildman–Crippen LogP) is 3.71. The van der Waals surface area contributed by atoms with Gasteiger partial charge in [-0.15, -0.1) is 0 Å². The van der Waals surface area contributed by atoms with Gasteiger partial charge in [-0.3, -0.25) is 9.69 Å². The van der Waals surface area contributed by atoms with Crippen LogP contribution in [0.2, 0.25) is 0 Å². The molecular formula is C24H40N4O4. The number of amides is 1. The highest BCUT2D eigenvalue weighted by Crippen LogP contribution is 2.32. The zero-order valence-electron chi connectivity index (χ0n) is 20.3. The summed E-state index contributed by atoms with van der Waals surface area (Å²) < 4.78 is 13.0. The van der Waals surface area contributed by atoms with E-state index >= 15 is 0 Å². The van der Waals surface area contributed by atoms with E-state index in [0.29, 0.717) is 32.2 Å². The summed E-state index contributed by atoms with van der Waals surface area (Å²) in [4.78, 5) is 31.6. The maximum Gasteiger partial charge on any atom is 0.407 e. The van der Waals surface area contributed by atoms with Crippen LogP contribution in [0.1, 0.15) is 78.5 Å². The summed E-state index contributed by atoms with van der Waals surface area (Å²) in [5.74, 6) is 0.575. The first-order valence-corrected chi connectivity index (χ1v) is 12.1. The van der Waals surface area contributed by atoms with E-state index in [4.69, 9.17) is 9.47 Å². The van der Waals surface area contributed by atoms with E-state index in [1.807, 2.05) is 34.0 Å². The fraction of sp³-hybridized carbons (Fsp3) is 0.792. The molecule has 2 fully saturated rings. The largest absolute Gasteiger partial charge is 0.465 e. The van der Waals surface area contributed by atoms with E-state index in [1.165, 1.54) is 25.7 Å². The lowest BCUT2D eigenvalue weighted by Gasteiger charge is -2.27. The molecule has 0 bridgehead atoms. The fourth-order valence-electron chi connectivity index (χ4n) is 4.69. The van der Waals surface area contributed by atoms with Crippen LogP contribution in [0.5, 0.6) is 0 Å². The average molecular weight is 449 g/mol. The van der Waals surface area contributed by atoms with Gasteiger partial charge in [0.05, 0.1) is 18.6 Å². The first kappa shape index (κ1) is 24.6. The van der Waals surface area contributed by atoms with Crippen molar-refractivity contribution >= 4 is 12.1 Å². The van der Waals surface area contributed by atoms with Crippen molar-refractivity contribution in [2.24, 2.45) is 5.92 Å². The summed E-state index contributed by atoms with van der Waals surface area (Å²) in [6, 6.07) is 0.0429. The molecule has 180 valence electrons. The van der Waals surface area contributed by atoms with Crippen molar-refractivity contribution in [3.8, 4) is 0 Å². The van der Waals surface area contributed by atoms with Gasteiger partial charge in [0.25, 0.3) is 0 Å². The number of nitrogens with zero attached hydrogens (tertiary/aromatic N) is 3. The normalized spacial score (nSPS) is 25.3. The minimum absolute atomic E-state index is 0.0523. The molecule has 3 rings (SSSR count). The minimum atomic E-state index is -0.537. The average Bonchev–Trinajstić information content (AvgIpc) is 3.35. The second kappa shape index (κ2) is 10.7. The van der Waals surface area contributed by atoms with Crippen LogP contribution < -0.4 is 5.32 Å². The van der Waals surface area contributed by atoms with Crippen molar-refractivity contribution < 1.29 is 19.1 Å². The molecule has 1 unspecified atom stereocenters. The Morgan fingerprint density at radius 1 is 1.22 bits per heavy atom. The van der Waals surface area contributed by atoms with Gasteiger partial charge < -0.3 is 19.4 Å². The summed E-state index contributed by atoms with van der Waals surface area (Å²) >= 11 is 0. The number of rotatable bonds is 7. The number of carbonyl (C=O) groups is 2. The molecule has 1 saturated heterocycles. The number of ether oxygens (including phenoxy) is 2. The number of hydrogen-bond donors (Lipinski definition) is 1. The number of alkyl carbamates (subject to hydrolysis) is 1. The molecule has 1 N–H and O–H groups in total. The van der Waals surface area contributed by atoms with Crippen LogP contribution in [0.3, 0.4) is 0 Å². The molecule has 2 aliphatic rings. The van der Waals surface area contributed by atoms with Crippen LogP contribution >= 0.6 is 0 Å². The number of esters is 1. The van der Waals surface area contributed by atoms with Crippen molar-refractivity contribution in [2.45, 2.75) is 96.9 Å². The van der Waals surface area contributed by atoms with Crippen LogP contribution in [0.15, 0.2) is 12.5 Å². The van der Waals surface area contributed by atoms with Gasteiger partial charge in [0.1, 0.15) is 11.6 Å². The molecule has 1 aliphatic carbocycles. The Hall–Kier alpha value is -2.09. The lowest BCUT2D eigenvalue weighted by molar-refractivity contribution is -0.149. The Labute approximate surface area is 192 Å². The fourth-order valence-corrected chi connectivity index (χ4v) is 4.69. The molecule has 8 nitrogen and oxygen atoms in total. The zero-order valence-corrected chi connectivity index (χ0v) is 20.3. The second-order valence-electron chi connectivity index (χ2n) is 10.3. The predicted molar refractivity (Wildman–Crippen MR) is 122 cm³/mol. The Kier molecular flexibility index (Phi) is 8.20. The van der Waals surface area contributed by atoms with Crippen LogP contribution in [0, 0.1) is 5.92 Å². The van der Waals surface area contributed by atoms with Crippen molar-refractivity contribution in [3.05, 3.63) is 18.2 Å². The van der Waals surface area contributed by atoms with Crippen LogP contribution in [0.25, 0.3) is 0 Å². The Morgan fingerprint density at radius 3 is 2.59 bits per heavy atom. The van der Waals surface area contributed by atoms with Gasteiger partial charge in [0.15, 0.2) is 0 Å². The summed E-state index contributed by atoms with van der Waals surface area (Å²) in [6.45, 7) is 11.3. The number of aromatic nitrogens is 2. The summed E-state index contributed by atoms with van der Waals surface area (Å²) in [7, 11) is 0. The monoisotopic (exact) mass is 448 g/mol. The quantitative estimate of drug-likeness (QED) is 0.640. The topological polar surface area (TPSA) is 85.7 Å². The molecule has 2 heterocycles. The first-order valence-electron chi connectivity index (χ1n) is 12.1. The number of imidazole rings is 1. The van der Waals surface area contributed by atoms with Gasteiger partial charge in [-0.05, 0) is 65.7 Å². The molecule has 1 aromatic heterocycles. The number of likely N-dealkylation sites (tertiary alicyclic amines) is 1. The Morgan fingerprint density at radius 2 is 1.94 bits per heavy atom. The minimum Gasteiger partial charge on any atom is -0.465 e. The van der Waals surface area contributed by atoms with E-state index in [9.17, 15) is 9.59 Å². The highest BCUT2D eigenvalue weighted by Gasteiger charge is 2.35. The lowest BCUT2D eigenvalue weighted by Crippen LogP contribution is -2.45. The smallest absolute Gasteiger partial charge is 0.407 e. The van der Waals surface area contributed by atoms with Crippen molar-refractivity contribution in [3.63, 3.8) is 0 Å². The highest BCUT2D eigenvalue weighted by atomic mass is 16.6. The molecule has 1 amide bonds. The Bertz CT molecular complexity index is 764. The summed E-state index contributed by atoms with van der Waals surface area (Å²) in [5.41, 5.74) is 0.371. The number of hydrogen-bond acceptors (Lipinski definition) is 6. The van der Waals surface area contributed by atoms with E-state index in [-0.39, 0.29) is 12.0 Å². The van der Waals surface area contributed by atoms with Crippen LogP contribution in [-0.2, 0) is 20.7 Å². The van der Waals surface area contributed by atoms with E-state index in [2.05, 4.69) is 32.9 Å². The molecule has 32 heavy (non-hydrogen) atoms. The van der Waals surface area contributed by atoms with Gasteiger partial charge in [-0.25, -0.2) is 9.78 Å². The van der Waals surface area contributed by atoms with Crippen molar-refractivity contribution in [1.82, 2.24) is 19.8 Å². The molecular weight excluding hydrogens is 408 g/mol. The standard InChI is InChI=1S/C24H40N4O4/c1-6-31-22(29)21(27-12-11-18(14-27)26-23(30)32-24(3,4)5)13-19-15-28(16-25-19)20-9-7-17(2)8-10-20/h15-18,20-21H,6-14H2,1-5H3,(H,26,30)/t17-,18-,20-,21?/m0/s1. The van der Waals surface area contributed by atoms with Gasteiger partial charge in [-0.2, -0.15) is 0 Å². The first-order chi connectivity index (χ1) is 15.1. The van der Waals surface area contributed by atoms with Gasteiger partial charge in [-0.1, -0.05) is 6.92 Å². The molecule has 1 aromatic rings. The van der Waals surface area contributed by atoms with Crippen molar-refractivity contribution in [1.29, 1.82) is 0 Å². The summed E-state index contributed by atoms with van der Waals surface area (Å²) in [6.07, 6.45) is 9.74. The summed E-state index contributed by atoms with van der Waals surface area (Å²) in [5, 5.41) is 2.93. The second-order valence-corrected chi connectivity index (χ2v) is 10.3. The van der Waals surface area contributed by atoms with Crippen LogP contribution in [-0.4, -0.2) is 63.9 Å². The van der Waals surface area contributed by atoms with E-state index in [0.717, 1.165) is 18.0 Å². The third-order valence-electron chi connectivity index (χ3n) is 6.40. The molecule has 2 atom stereocenters.